The molecule has 3 aromatic rings. The zero-order valence-corrected chi connectivity index (χ0v) is 13.5. The highest BCUT2D eigenvalue weighted by Gasteiger charge is 2.21. The van der Waals surface area contributed by atoms with Gasteiger partial charge in [0, 0.05) is 32.2 Å². The fourth-order valence-corrected chi connectivity index (χ4v) is 3.04. The molecule has 0 aliphatic carbocycles. The molecule has 2 aromatic heterocycles. The second kappa shape index (κ2) is 5.13. The van der Waals surface area contributed by atoms with Crippen molar-refractivity contribution in [1.82, 2.24) is 24.5 Å². The molecule has 0 unspecified atom stereocenters. The van der Waals surface area contributed by atoms with Gasteiger partial charge in [-0.05, 0) is 32.5 Å². The first-order valence-corrected chi connectivity index (χ1v) is 7.79. The molecule has 0 bridgehead atoms. The number of piperazine rings is 1. The van der Waals surface area contributed by atoms with Crippen molar-refractivity contribution < 1.29 is 4.39 Å². The quantitative estimate of drug-likeness (QED) is 0.685. The van der Waals surface area contributed by atoms with Crippen LogP contribution >= 0.6 is 0 Å². The van der Waals surface area contributed by atoms with Crippen molar-refractivity contribution in [3.8, 4) is 0 Å². The Bertz CT molecular complexity index is 895. The Labute approximate surface area is 133 Å². The lowest BCUT2D eigenvalue weighted by Gasteiger charge is -2.33. The van der Waals surface area contributed by atoms with E-state index in [0.29, 0.717) is 16.9 Å². The van der Waals surface area contributed by atoms with Crippen LogP contribution < -0.4 is 4.90 Å². The lowest BCUT2D eigenvalue weighted by Crippen LogP contribution is -2.45. The van der Waals surface area contributed by atoms with Crippen LogP contribution in [0.25, 0.3) is 16.7 Å². The summed E-state index contributed by atoms with van der Waals surface area (Å²) in [7, 11) is 2.11. The van der Waals surface area contributed by atoms with Gasteiger partial charge in [-0.15, -0.1) is 0 Å². The van der Waals surface area contributed by atoms with E-state index in [9.17, 15) is 4.39 Å². The van der Waals surface area contributed by atoms with E-state index in [1.165, 1.54) is 6.07 Å². The lowest BCUT2D eigenvalue weighted by molar-refractivity contribution is 0.312. The Hall–Kier alpha value is -2.28. The van der Waals surface area contributed by atoms with Gasteiger partial charge in [-0.1, -0.05) is 0 Å². The maximum atomic E-state index is 14.0. The normalized spacial score (nSPS) is 16.6. The number of fused-ring (bicyclic) bond motifs is 3. The molecule has 1 saturated heterocycles. The number of hydrogen-bond donors (Lipinski definition) is 0. The molecule has 0 N–H and O–H groups in total. The topological polar surface area (TPSA) is 49.6 Å². The number of nitrogens with zero attached hydrogens (tertiary/aromatic N) is 6. The number of halogens is 1. The van der Waals surface area contributed by atoms with Gasteiger partial charge in [-0.2, -0.15) is 5.10 Å². The van der Waals surface area contributed by atoms with Gasteiger partial charge < -0.3 is 9.80 Å². The monoisotopic (exact) mass is 314 g/mol. The van der Waals surface area contributed by atoms with Gasteiger partial charge >= 0.3 is 0 Å². The predicted molar refractivity (Wildman–Crippen MR) is 87.4 cm³/mol. The zero-order chi connectivity index (χ0) is 16.1. The molecule has 3 heterocycles. The van der Waals surface area contributed by atoms with Crippen LogP contribution in [0.5, 0.6) is 0 Å². The van der Waals surface area contributed by atoms with Crippen LogP contribution in [0.4, 0.5) is 10.2 Å². The minimum absolute atomic E-state index is 0.245. The Balaban J connectivity index is 1.97. The van der Waals surface area contributed by atoms with Gasteiger partial charge in [-0.25, -0.2) is 18.9 Å². The van der Waals surface area contributed by atoms with Gasteiger partial charge in [0.2, 0.25) is 0 Å². The molecule has 7 heteroatoms. The third-order valence-electron chi connectivity index (χ3n) is 4.43. The standard InChI is InChI=1S/C16H19FN6/c1-10-8-14-13(9-12(10)17)19-15(16-18-11(2)20-23(14)16)22-6-4-21(3)5-7-22/h8-9H,4-7H2,1-3H3. The van der Waals surface area contributed by atoms with E-state index in [4.69, 9.17) is 4.98 Å². The van der Waals surface area contributed by atoms with Crippen molar-refractivity contribution in [2.75, 3.05) is 38.1 Å². The molecule has 1 aromatic carbocycles. The predicted octanol–water partition coefficient (Wildman–Crippen LogP) is 1.79. The van der Waals surface area contributed by atoms with Crippen LogP contribution in [-0.4, -0.2) is 57.7 Å². The van der Waals surface area contributed by atoms with Crippen LogP contribution in [0.2, 0.25) is 0 Å². The van der Waals surface area contributed by atoms with Gasteiger partial charge in [0.05, 0.1) is 11.0 Å². The molecule has 0 atom stereocenters. The van der Waals surface area contributed by atoms with Crippen LogP contribution in [-0.2, 0) is 0 Å². The van der Waals surface area contributed by atoms with Gasteiger partial charge in [0.1, 0.15) is 11.6 Å². The molecule has 1 aliphatic heterocycles. The zero-order valence-electron chi connectivity index (χ0n) is 13.5. The molecule has 4 rings (SSSR count). The molecule has 6 nitrogen and oxygen atoms in total. The van der Waals surface area contributed by atoms with Crippen molar-refractivity contribution in [3.63, 3.8) is 0 Å². The van der Waals surface area contributed by atoms with Crippen molar-refractivity contribution in [2.24, 2.45) is 0 Å². The highest BCUT2D eigenvalue weighted by molar-refractivity contribution is 5.83. The molecular weight excluding hydrogens is 295 g/mol. The van der Waals surface area contributed by atoms with Crippen LogP contribution in [0.15, 0.2) is 12.1 Å². The van der Waals surface area contributed by atoms with E-state index in [1.807, 2.05) is 6.92 Å². The summed E-state index contributed by atoms with van der Waals surface area (Å²) in [6.45, 7) is 7.32. The maximum Gasteiger partial charge on any atom is 0.199 e. The van der Waals surface area contributed by atoms with E-state index >= 15 is 0 Å². The van der Waals surface area contributed by atoms with Crippen LogP contribution in [0.3, 0.4) is 0 Å². The summed E-state index contributed by atoms with van der Waals surface area (Å²) >= 11 is 0. The first-order valence-electron chi connectivity index (χ1n) is 7.79. The summed E-state index contributed by atoms with van der Waals surface area (Å²) in [6, 6.07) is 3.27. The van der Waals surface area contributed by atoms with E-state index in [2.05, 4.69) is 26.9 Å². The molecule has 1 fully saturated rings. The molecule has 1 aliphatic rings. The second-order valence-electron chi connectivity index (χ2n) is 6.21. The van der Waals surface area contributed by atoms with E-state index < -0.39 is 0 Å². The minimum atomic E-state index is -0.245. The second-order valence-corrected chi connectivity index (χ2v) is 6.21. The lowest BCUT2D eigenvalue weighted by atomic mass is 10.2. The number of aryl methyl sites for hydroxylation is 2. The van der Waals surface area contributed by atoms with Crippen molar-refractivity contribution in [3.05, 3.63) is 29.3 Å². The summed E-state index contributed by atoms with van der Waals surface area (Å²) in [5, 5.41) is 4.49. The summed E-state index contributed by atoms with van der Waals surface area (Å²) in [4.78, 5) is 13.8. The Morgan fingerprint density at radius 3 is 2.52 bits per heavy atom. The number of rotatable bonds is 1. The van der Waals surface area contributed by atoms with Crippen molar-refractivity contribution in [1.29, 1.82) is 0 Å². The van der Waals surface area contributed by atoms with E-state index in [1.54, 1.807) is 17.5 Å². The van der Waals surface area contributed by atoms with Crippen molar-refractivity contribution in [2.45, 2.75) is 13.8 Å². The highest BCUT2D eigenvalue weighted by Crippen LogP contribution is 2.26. The minimum Gasteiger partial charge on any atom is -0.351 e. The Morgan fingerprint density at radius 1 is 1.04 bits per heavy atom. The highest BCUT2D eigenvalue weighted by atomic mass is 19.1. The first kappa shape index (κ1) is 14.3. The summed E-state index contributed by atoms with van der Waals surface area (Å²) in [6.07, 6.45) is 0. The smallest absolute Gasteiger partial charge is 0.199 e. The van der Waals surface area contributed by atoms with Gasteiger partial charge in [-0.3, -0.25) is 0 Å². The van der Waals surface area contributed by atoms with Crippen LogP contribution in [0, 0.1) is 19.7 Å². The van der Waals surface area contributed by atoms with E-state index in [-0.39, 0.29) is 5.82 Å². The molecule has 23 heavy (non-hydrogen) atoms. The number of likely N-dealkylation sites (N-methyl/N-ethyl adjacent to an activating group) is 1. The number of hydrogen-bond acceptors (Lipinski definition) is 5. The molecule has 0 radical (unpaired) electrons. The van der Waals surface area contributed by atoms with E-state index in [0.717, 1.165) is 43.2 Å². The molecule has 0 spiro atoms. The Kier molecular flexibility index (Phi) is 3.19. The van der Waals surface area contributed by atoms with Crippen molar-refractivity contribution >= 4 is 22.5 Å². The largest absolute Gasteiger partial charge is 0.351 e. The first-order chi connectivity index (χ1) is 11.0. The maximum absolute atomic E-state index is 14.0. The molecule has 0 saturated carbocycles. The molecule has 120 valence electrons. The number of anilines is 1. The Morgan fingerprint density at radius 2 is 1.78 bits per heavy atom. The molecule has 0 amide bonds. The summed E-state index contributed by atoms with van der Waals surface area (Å²) in [5.41, 5.74) is 2.73. The summed E-state index contributed by atoms with van der Waals surface area (Å²) < 4.78 is 15.8. The average Bonchev–Trinajstić information content (AvgIpc) is 2.91. The third kappa shape index (κ3) is 2.31. The number of aromatic nitrogens is 4. The van der Waals surface area contributed by atoms with Gasteiger partial charge in [0.25, 0.3) is 0 Å². The molecular formula is C16H19FN6. The third-order valence-corrected chi connectivity index (χ3v) is 4.43. The van der Waals surface area contributed by atoms with Gasteiger partial charge in [0.15, 0.2) is 11.5 Å². The average molecular weight is 314 g/mol. The van der Waals surface area contributed by atoms with Crippen LogP contribution in [0.1, 0.15) is 11.4 Å². The number of benzene rings is 1. The SMILES string of the molecule is Cc1nc2c(N3CCN(C)CC3)nc3cc(F)c(C)cc3n2n1. The fourth-order valence-electron chi connectivity index (χ4n) is 3.04. The summed E-state index contributed by atoms with van der Waals surface area (Å²) in [5.74, 6) is 1.23. The fraction of sp³-hybridized carbons (Fsp3) is 0.438.